The highest BCUT2D eigenvalue weighted by Gasteiger charge is 2.53. The minimum absolute atomic E-state index is 0.0503. The van der Waals surface area contributed by atoms with Gasteiger partial charge in [-0.25, -0.2) is 4.39 Å². The summed E-state index contributed by atoms with van der Waals surface area (Å²) in [7, 11) is 0. The lowest BCUT2D eigenvalue weighted by molar-refractivity contribution is -0.133. The van der Waals surface area contributed by atoms with Crippen molar-refractivity contribution in [3.05, 3.63) is 40.3 Å². The van der Waals surface area contributed by atoms with Crippen molar-refractivity contribution in [3.63, 3.8) is 0 Å². The standard InChI is InChI=1S/C30H40FN5O2/c1-19-20(2)25(9-7-23(19)31)35-14-15-36(30(18-35)10-11-30)26(37)17-33-24-8-6-21-16-22(21)27(24)28(32)29(38)34-12-4-3-5-13-34/h7,9,21-22H,3-6,8,10-18,32H2,1-2H3/t21?,22-/m0/s1. The molecule has 1 spiro atoms. The summed E-state index contributed by atoms with van der Waals surface area (Å²) in [5.74, 6) is 0.763. The Morgan fingerprint density at radius 3 is 2.58 bits per heavy atom. The zero-order valence-corrected chi connectivity index (χ0v) is 22.8. The van der Waals surface area contributed by atoms with E-state index in [0.717, 1.165) is 93.7 Å². The molecule has 5 fully saturated rings. The van der Waals surface area contributed by atoms with E-state index in [1.54, 1.807) is 6.07 Å². The number of amides is 2. The van der Waals surface area contributed by atoms with Gasteiger partial charge < -0.3 is 20.4 Å². The number of carbonyl (C=O) groups is 2. The third-order valence-electron chi connectivity index (χ3n) is 9.74. The van der Waals surface area contributed by atoms with Crippen LogP contribution in [0.4, 0.5) is 10.1 Å². The number of carbonyl (C=O) groups excluding carboxylic acids is 2. The molecule has 3 saturated carbocycles. The number of allylic oxidation sites excluding steroid dienone is 1. The predicted octanol–water partition coefficient (Wildman–Crippen LogP) is 3.72. The summed E-state index contributed by atoms with van der Waals surface area (Å²) in [6.45, 7) is 7.59. The molecule has 1 aromatic rings. The lowest BCUT2D eigenvalue weighted by Crippen LogP contribution is -2.57. The Morgan fingerprint density at radius 2 is 1.84 bits per heavy atom. The van der Waals surface area contributed by atoms with Crippen molar-refractivity contribution in [2.45, 2.75) is 70.8 Å². The van der Waals surface area contributed by atoms with Crippen molar-refractivity contribution in [1.29, 1.82) is 0 Å². The van der Waals surface area contributed by atoms with Crippen LogP contribution in [0.25, 0.3) is 0 Å². The Bertz CT molecular complexity index is 1210. The maximum Gasteiger partial charge on any atom is 0.270 e. The molecule has 3 aliphatic carbocycles. The highest BCUT2D eigenvalue weighted by atomic mass is 19.1. The summed E-state index contributed by atoms with van der Waals surface area (Å²) < 4.78 is 14.0. The summed E-state index contributed by atoms with van der Waals surface area (Å²) in [6.07, 6.45) is 8.12. The fourth-order valence-electron chi connectivity index (χ4n) is 7.00. The zero-order chi connectivity index (χ0) is 26.6. The van der Waals surface area contributed by atoms with Gasteiger partial charge in [0, 0.05) is 49.7 Å². The Kier molecular flexibility index (Phi) is 6.47. The number of piperidine rings is 1. The van der Waals surface area contributed by atoms with Gasteiger partial charge >= 0.3 is 0 Å². The van der Waals surface area contributed by atoms with Gasteiger partial charge in [0.2, 0.25) is 5.91 Å². The number of halogens is 1. The number of anilines is 1. The topological polar surface area (TPSA) is 82.2 Å². The number of likely N-dealkylation sites (tertiary alicyclic amines) is 1. The molecule has 1 unspecified atom stereocenters. The number of piperazine rings is 1. The average molecular weight is 522 g/mol. The zero-order valence-electron chi connectivity index (χ0n) is 22.8. The molecule has 2 heterocycles. The van der Waals surface area contributed by atoms with Crippen LogP contribution in [-0.4, -0.2) is 72.1 Å². The molecule has 2 atom stereocenters. The molecule has 38 heavy (non-hydrogen) atoms. The molecule has 0 aromatic heterocycles. The van der Waals surface area contributed by atoms with Gasteiger partial charge in [-0.3, -0.25) is 14.6 Å². The number of hydrogen-bond acceptors (Lipinski definition) is 5. The minimum atomic E-state index is -0.174. The van der Waals surface area contributed by atoms with E-state index in [9.17, 15) is 14.0 Å². The molecule has 7 nitrogen and oxygen atoms in total. The number of nitrogens with zero attached hydrogens (tertiary/aromatic N) is 4. The largest absolute Gasteiger partial charge is 0.394 e. The fourth-order valence-corrected chi connectivity index (χ4v) is 7.00. The number of benzene rings is 1. The van der Waals surface area contributed by atoms with Gasteiger partial charge in [-0.05, 0) is 100 Å². The molecule has 2 amide bonds. The number of aliphatic imine (C=N–C) groups is 1. The molecule has 6 rings (SSSR count). The number of fused-ring (bicyclic) bond motifs is 1. The first-order chi connectivity index (χ1) is 18.3. The molecule has 2 N–H and O–H groups in total. The summed E-state index contributed by atoms with van der Waals surface area (Å²) in [4.78, 5) is 37.7. The molecule has 204 valence electrons. The van der Waals surface area contributed by atoms with Gasteiger partial charge in [0.25, 0.3) is 5.91 Å². The first kappa shape index (κ1) is 25.4. The molecule has 2 aliphatic heterocycles. The molecule has 2 saturated heterocycles. The third-order valence-corrected chi connectivity index (χ3v) is 9.74. The average Bonchev–Trinajstić information content (AvgIpc) is 3.87. The second kappa shape index (κ2) is 9.69. The van der Waals surface area contributed by atoms with Crippen LogP contribution in [0.5, 0.6) is 0 Å². The van der Waals surface area contributed by atoms with E-state index in [4.69, 9.17) is 10.7 Å². The Morgan fingerprint density at radius 1 is 1.08 bits per heavy atom. The first-order valence-electron chi connectivity index (χ1n) is 14.4. The summed E-state index contributed by atoms with van der Waals surface area (Å²) in [5.41, 5.74) is 11.3. The van der Waals surface area contributed by atoms with E-state index < -0.39 is 0 Å². The Balaban J connectivity index is 1.16. The predicted molar refractivity (Wildman–Crippen MR) is 147 cm³/mol. The van der Waals surface area contributed by atoms with Crippen LogP contribution < -0.4 is 10.6 Å². The van der Waals surface area contributed by atoms with Gasteiger partial charge in [0.05, 0.1) is 5.54 Å². The van der Waals surface area contributed by atoms with Gasteiger partial charge in [-0.15, -0.1) is 0 Å². The van der Waals surface area contributed by atoms with Crippen LogP contribution in [0.1, 0.15) is 62.5 Å². The van der Waals surface area contributed by atoms with Gasteiger partial charge in [-0.2, -0.15) is 0 Å². The second-order valence-electron chi connectivity index (χ2n) is 12.1. The summed E-state index contributed by atoms with van der Waals surface area (Å²) in [6, 6.07) is 3.42. The summed E-state index contributed by atoms with van der Waals surface area (Å²) in [5, 5.41) is 0. The maximum atomic E-state index is 14.0. The molecule has 8 heteroatoms. The lowest BCUT2D eigenvalue weighted by Gasteiger charge is -2.43. The van der Waals surface area contributed by atoms with Crippen LogP contribution >= 0.6 is 0 Å². The van der Waals surface area contributed by atoms with Crippen LogP contribution in [-0.2, 0) is 9.59 Å². The van der Waals surface area contributed by atoms with Crippen LogP contribution in [0.2, 0.25) is 0 Å². The van der Waals surface area contributed by atoms with E-state index in [-0.39, 0.29) is 29.7 Å². The van der Waals surface area contributed by atoms with Crippen molar-refractivity contribution < 1.29 is 14.0 Å². The quantitative estimate of drug-likeness (QED) is 0.613. The van der Waals surface area contributed by atoms with E-state index in [1.807, 2.05) is 29.7 Å². The Labute approximate surface area is 224 Å². The van der Waals surface area contributed by atoms with Gasteiger partial charge in [0.1, 0.15) is 18.1 Å². The first-order valence-corrected chi connectivity index (χ1v) is 14.4. The van der Waals surface area contributed by atoms with E-state index in [2.05, 4.69) is 4.90 Å². The van der Waals surface area contributed by atoms with E-state index in [1.165, 1.54) is 6.42 Å². The van der Waals surface area contributed by atoms with Crippen molar-refractivity contribution >= 4 is 23.2 Å². The summed E-state index contributed by atoms with van der Waals surface area (Å²) >= 11 is 0. The van der Waals surface area contributed by atoms with E-state index >= 15 is 0 Å². The molecular weight excluding hydrogens is 481 g/mol. The van der Waals surface area contributed by atoms with Crippen molar-refractivity contribution in [2.75, 3.05) is 44.2 Å². The highest BCUT2D eigenvalue weighted by Crippen LogP contribution is 2.52. The number of hydrogen-bond donors (Lipinski definition) is 1. The maximum absolute atomic E-state index is 14.0. The Hall–Kier alpha value is -2.90. The second-order valence-corrected chi connectivity index (χ2v) is 12.1. The number of nitrogens with two attached hydrogens (primary N) is 1. The van der Waals surface area contributed by atoms with Crippen LogP contribution in [0.3, 0.4) is 0 Å². The van der Waals surface area contributed by atoms with Crippen molar-refractivity contribution in [1.82, 2.24) is 9.80 Å². The van der Waals surface area contributed by atoms with Crippen LogP contribution in [0, 0.1) is 31.5 Å². The molecule has 0 bridgehead atoms. The molecular formula is C30H40FN5O2. The molecule has 5 aliphatic rings. The molecule has 1 aromatic carbocycles. The molecule has 0 radical (unpaired) electrons. The smallest absolute Gasteiger partial charge is 0.270 e. The van der Waals surface area contributed by atoms with Gasteiger partial charge in [0.15, 0.2) is 0 Å². The van der Waals surface area contributed by atoms with Crippen LogP contribution in [0.15, 0.2) is 28.4 Å². The monoisotopic (exact) mass is 521 g/mol. The minimum Gasteiger partial charge on any atom is -0.394 e. The third kappa shape index (κ3) is 4.50. The highest BCUT2D eigenvalue weighted by molar-refractivity contribution is 6.09. The van der Waals surface area contributed by atoms with E-state index in [0.29, 0.717) is 29.6 Å². The van der Waals surface area contributed by atoms with Gasteiger partial charge in [-0.1, -0.05) is 0 Å². The SMILES string of the molecule is Cc1c(F)ccc(N2CCN(C(=O)CN=C3CCC4C[C@@H]4C3=C(N)C(=O)N3CCCCC3)C3(CC3)C2)c1C. The fraction of sp³-hybridized carbons (Fsp3) is 0.633. The number of rotatable bonds is 4. The lowest BCUT2D eigenvalue weighted by atomic mass is 9.90. The van der Waals surface area contributed by atoms with Crippen molar-refractivity contribution in [2.24, 2.45) is 22.6 Å². The van der Waals surface area contributed by atoms with Crippen molar-refractivity contribution in [3.8, 4) is 0 Å². The normalized spacial score (nSPS) is 28.4.